The molecule has 0 spiro atoms. The van der Waals surface area contributed by atoms with Crippen molar-refractivity contribution < 1.29 is 9.53 Å². The van der Waals surface area contributed by atoms with E-state index in [-0.39, 0.29) is 11.8 Å². The number of carbonyl (C=O) groups is 1. The Balaban J connectivity index is 2.27. The van der Waals surface area contributed by atoms with Crippen molar-refractivity contribution in [3.05, 3.63) is 57.7 Å². The summed E-state index contributed by atoms with van der Waals surface area (Å²) in [5.41, 5.74) is 0.586. The van der Waals surface area contributed by atoms with E-state index in [0.29, 0.717) is 15.6 Å². The van der Waals surface area contributed by atoms with Crippen molar-refractivity contribution in [2.24, 2.45) is 0 Å². The number of benzene rings is 1. The molecule has 2 aromatic rings. The molecule has 6 heteroatoms. The SMILES string of the molecule is COc1ncccc1C(=O)NC(C)(C)c1ccc(Cl)c(Cl)c1. The van der Waals surface area contributed by atoms with E-state index in [0.717, 1.165) is 5.56 Å². The molecule has 0 saturated heterocycles. The van der Waals surface area contributed by atoms with E-state index in [1.54, 1.807) is 30.5 Å². The normalized spacial score (nSPS) is 11.1. The molecule has 22 heavy (non-hydrogen) atoms. The zero-order chi connectivity index (χ0) is 16.3. The summed E-state index contributed by atoms with van der Waals surface area (Å²) in [7, 11) is 1.48. The van der Waals surface area contributed by atoms with E-state index in [1.165, 1.54) is 7.11 Å². The summed E-state index contributed by atoms with van der Waals surface area (Å²) in [4.78, 5) is 16.5. The summed E-state index contributed by atoms with van der Waals surface area (Å²) in [6.45, 7) is 3.76. The van der Waals surface area contributed by atoms with Crippen molar-refractivity contribution in [2.75, 3.05) is 7.11 Å². The number of rotatable bonds is 4. The second-order valence-corrected chi connectivity index (χ2v) is 6.08. The number of carbonyl (C=O) groups excluding carboxylic acids is 1. The highest BCUT2D eigenvalue weighted by atomic mass is 35.5. The number of halogens is 2. The first-order valence-corrected chi connectivity index (χ1v) is 7.38. The average Bonchev–Trinajstić information content (AvgIpc) is 2.49. The lowest BCUT2D eigenvalue weighted by molar-refractivity contribution is 0.0908. The molecule has 1 amide bonds. The van der Waals surface area contributed by atoms with Crippen LogP contribution in [0.15, 0.2) is 36.5 Å². The summed E-state index contributed by atoms with van der Waals surface area (Å²) >= 11 is 12.0. The van der Waals surface area contributed by atoms with Gasteiger partial charge in [-0.2, -0.15) is 0 Å². The molecule has 0 saturated carbocycles. The third-order valence-electron chi connectivity index (χ3n) is 3.28. The van der Waals surface area contributed by atoms with Crippen molar-refractivity contribution >= 4 is 29.1 Å². The summed E-state index contributed by atoms with van der Waals surface area (Å²) in [6, 6.07) is 8.62. The second kappa shape index (κ2) is 6.55. The molecular weight excluding hydrogens is 323 g/mol. The average molecular weight is 339 g/mol. The van der Waals surface area contributed by atoms with Crippen LogP contribution < -0.4 is 10.1 Å². The summed E-state index contributed by atoms with van der Waals surface area (Å²) < 4.78 is 5.11. The zero-order valence-electron chi connectivity index (χ0n) is 12.5. The Labute approximate surface area is 139 Å². The van der Waals surface area contributed by atoms with E-state index in [9.17, 15) is 4.79 Å². The fourth-order valence-electron chi connectivity index (χ4n) is 2.03. The number of methoxy groups -OCH3 is 1. The molecule has 0 fully saturated rings. The van der Waals surface area contributed by atoms with Crippen LogP contribution in [0.5, 0.6) is 5.88 Å². The van der Waals surface area contributed by atoms with Gasteiger partial charge < -0.3 is 10.1 Å². The van der Waals surface area contributed by atoms with Gasteiger partial charge in [0.25, 0.3) is 5.91 Å². The lowest BCUT2D eigenvalue weighted by Gasteiger charge is -2.27. The molecule has 2 rings (SSSR count). The zero-order valence-corrected chi connectivity index (χ0v) is 14.0. The van der Waals surface area contributed by atoms with Gasteiger partial charge in [0, 0.05) is 6.20 Å². The first-order valence-electron chi connectivity index (χ1n) is 6.62. The second-order valence-electron chi connectivity index (χ2n) is 5.27. The Morgan fingerprint density at radius 1 is 1.23 bits per heavy atom. The fraction of sp³-hybridized carbons (Fsp3) is 0.250. The minimum absolute atomic E-state index is 0.277. The fourth-order valence-corrected chi connectivity index (χ4v) is 2.33. The summed E-state index contributed by atoms with van der Waals surface area (Å²) in [5, 5.41) is 3.87. The minimum atomic E-state index is -0.633. The monoisotopic (exact) mass is 338 g/mol. The van der Waals surface area contributed by atoms with Crippen molar-refractivity contribution in [3.8, 4) is 5.88 Å². The Kier molecular flexibility index (Phi) is 4.94. The van der Waals surface area contributed by atoms with Crippen LogP contribution in [0, 0.1) is 0 Å². The molecule has 0 aliphatic heterocycles. The van der Waals surface area contributed by atoms with Crippen LogP contribution in [0.3, 0.4) is 0 Å². The number of amides is 1. The Morgan fingerprint density at radius 3 is 2.59 bits per heavy atom. The highest BCUT2D eigenvalue weighted by molar-refractivity contribution is 6.42. The van der Waals surface area contributed by atoms with E-state index >= 15 is 0 Å². The number of pyridine rings is 1. The largest absolute Gasteiger partial charge is 0.480 e. The molecule has 1 N–H and O–H groups in total. The molecule has 0 unspecified atom stereocenters. The predicted octanol–water partition coefficient (Wildman–Crippen LogP) is 4.06. The smallest absolute Gasteiger partial charge is 0.257 e. The third kappa shape index (κ3) is 3.51. The molecule has 4 nitrogen and oxygen atoms in total. The number of aromatic nitrogens is 1. The van der Waals surface area contributed by atoms with Gasteiger partial charge >= 0.3 is 0 Å². The Morgan fingerprint density at radius 2 is 1.95 bits per heavy atom. The van der Waals surface area contributed by atoms with Crippen LogP contribution in [0.4, 0.5) is 0 Å². The minimum Gasteiger partial charge on any atom is -0.480 e. The van der Waals surface area contributed by atoms with Crippen molar-refractivity contribution in [1.29, 1.82) is 0 Å². The number of hydrogen-bond donors (Lipinski definition) is 1. The molecule has 0 radical (unpaired) electrons. The molecule has 1 aromatic heterocycles. The van der Waals surface area contributed by atoms with E-state index < -0.39 is 5.54 Å². The Hall–Kier alpha value is -1.78. The van der Waals surface area contributed by atoms with Crippen molar-refractivity contribution in [2.45, 2.75) is 19.4 Å². The number of nitrogens with zero attached hydrogens (tertiary/aromatic N) is 1. The van der Waals surface area contributed by atoms with Gasteiger partial charge in [-0.05, 0) is 43.7 Å². The molecule has 0 bridgehead atoms. The van der Waals surface area contributed by atoms with E-state index in [4.69, 9.17) is 27.9 Å². The van der Waals surface area contributed by atoms with Gasteiger partial charge in [0.1, 0.15) is 5.56 Å². The van der Waals surface area contributed by atoms with Crippen LogP contribution in [0.1, 0.15) is 29.8 Å². The topological polar surface area (TPSA) is 51.2 Å². The van der Waals surface area contributed by atoms with Crippen LogP contribution in [-0.4, -0.2) is 18.0 Å². The van der Waals surface area contributed by atoms with Crippen molar-refractivity contribution in [1.82, 2.24) is 10.3 Å². The van der Waals surface area contributed by atoms with Gasteiger partial charge in [-0.1, -0.05) is 29.3 Å². The maximum Gasteiger partial charge on any atom is 0.257 e. The van der Waals surface area contributed by atoms with Gasteiger partial charge in [-0.3, -0.25) is 4.79 Å². The van der Waals surface area contributed by atoms with Crippen LogP contribution in [0.25, 0.3) is 0 Å². The number of hydrogen-bond acceptors (Lipinski definition) is 3. The summed E-state index contributed by atoms with van der Waals surface area (Å²) in [6.07, 6.45) is 1.57. The van der Waals surface area contributed by atoms with Crippen LogP contribution in [0.2, 0.25) is 10.0 Å². The molecule has 116 valence electrons. The lowest BCUT2D eigenvalue weighted by atomic mass is 9.94. The highest BCUT2D eigenvalue weighted by Gasteiger charge is 2.25. The maximum absolute atomic E-state index is 12.5. The van der Waals surface area contributed by atoms with Gasteiger partial charge in [-0.15, -0.1) is 0 Å². The number of nitrogens with one attached hydrogen (secondary N) is 1. The molecule has 1 heterocycles. The lowest BCUT2D eigenvalue weighted by Crippen LogP contribution is -2.41. The first-order chi connectivity index (χ1) is 10.3. The molecule has 0 aliphatic rings. The van der Waals surface area contributed by atoms with Crippen LogP contribution >= 0.6 is 23.2 Å². The van der Waals surface area contributed by atoms with E-state index in [1.807, 2.05) is 19.9 Å². The summed E-state index contributed by atoms with van der Waals surface area (Å²) in [5.74, 6) is 0.00552. The van der Waals surface area contributed by atoms with Gasteiger partial charge in [0.2, 0.25) is 5.88 Å². The van der Waals surface area contributed by atoms with Gasteiger partial charge in [-0.25, -0.2) is 4.98 Å². The quantitative estimate of drug-likeness (QED) is 0.914. The maximum atomic E-state index is 12.5. The number of ether oxygens (including phenoxy) is 1. The van der Waals surface area contributed by atoms with E-state index in [2.05, 4.69) is 10.3 Å². The van der Waals surface area contributed by atoms with Gasteiger partial charge in [0.15, 0.2) is 0 Å². The molecule has 0 atom stereocenters. The third-order valence-corrected chi connectivity index (χ3v) is 4.02. The van der Waals surface area contributed by atoms with Crippen LogP contribution in [-0.2, 0) is 5.54 Å². The standard InChI is InChI=1S/C16H16Cl2N2O2/c1-16(2,10-6-7-12(17)13(18)9-10)20-14(21)11-5-4-8-19-15(11)22-3/h4-9H,1-3H3,(H,20,21). The van der Waals surface area contributed by atoms with Gasteiger partial charge in [0.05, 0.1) is 22.7 Å². The first kappa shape index (κ1) is 16.6. The predicted molar refractivity (Wildman–Crippen MR) is 87.7 cm³/mol. The Bertz CT molecular complexity index is 702. The molecule has 0 aliphatic carbocycles. The molecular formula is C16H16Cl2N2O2. The van der Waals surface area contributed by atoms with Crippen molar-refractivity contribution in [3.63, 3.8) is 0 Å². The molecule has 1 aromatic carbocycles. The highest BCUT2D eigenvalue weighted by Crippen LogP contribution is 2.29.